The van der Waals surface area contributed by atoms with Gasteiger partial charge >= 0.3 is 163 Å². The molecule has 0 amide bonds. The first kappa shape index (κ1) is 18.9. The molecule has 130 valence electrons. The molecule has 1 nitrogen and oxygen atoms in total. The van der Waals surface area contributed by atoms with E-state index >= 15 is 0 Å². The van der Waals surface area contributed by atoms with Gasteiger partial charge in [-0.15, -0.1) is 0 Å². The van der Waals surface area contributed by atoms with Crippen molar-refractivity contribution < 1.29 is 24.9 Å². The fourth-order valence-corrected chi connectivity index (χ4v) is 13.4. The number of hydrogen-bond donors (Lipinski definition) is 0. The number of hydrogen-bond acceptors (Lipinski definition) is 1. The molecule has 0 bridgehead atoms. The van der Waals surface area contributed by atoms with E-state index in [1.807, 2.05) is 0 Å². The maximum absolute atomic E-state index is 2.85. The SMILES string of the molecule is CC1CCC(c2ccccc2C2CCC([N](C)[Hg][C](C)(C)C)C2)C1. The number of benzene rings is 1. The molecule has 1 aromatic rings. The van der Waals surface area contributed by atoms with E-state index in [-0.39, 0.29) is 0 Å². The van der Waals surface area contributed by atoms with E-state index in [0.29, 0.717) is 2.92 Å². The first-order chi connectivity index (χ1) is 11.3. The summed E-state index contributed by atoms with van der Waals surface area (Å²) < 4.78 is 3.46. The predicted molar refractivity (Wildman–Crippen MR) is 100 cm³/mol. The Balaban J connectivity index is 1.70. The minimum atomic E-state index is -0.969. The second-order valence-electron chi connectivity index (χ2n) is 9.88. The van der Waals surface area contributed by atoms with Crippen LogP contribution in [0.2, 0.25) is 2.92 Å². The minimum absolute atomic E-state index is 0.616. The van der Waals surface area contributed by atoms with Gasteiger partial charge in [0.1, 0.15) is 0 Å². The van der Waals surface area contributed by atoms with Crippen molar-refractivity contribution >= 4 is 0 Å². The second kappa shape index (κ2) is 7.78. The molecule has 2 fully saturated rings. The van der Waals surface area contributed by atoms with E-state index in [1.165, 1.54) is 38.5 Å². The van der Waals surface area contributed by atoms with Crippen LogP contribution in [0.25, 0.3) is 0 Å². The van der Waals surface area contributed by atoms with Crippen molar-refractivity contribution in [1.29, 1.82) is 0 Å². The Morgan fingerprint density at radius 3 is 2.04 bits per heavy atom. The van der Waals surface area contributed by atoms with Crippen molar-refractivity contribution in [1.82, 2.24) is 2.66 Å². The molecule has 0 spiro atoms. The van der Waals surface area contributed by atoms with Gasteiger partial charge in [0.2, 0.25) is 0 Å². The Hall–Kier alpha value is 0.115. The molecule has 2 heteroatoms. The average Bonchev–Trinajstić information content (AvgIpc) is 3.14. The zero-order valence-corrected chi connectivity index (χ0v) is 22.0. The second-order valence-corrected chi connectivity index (χ2v) is 23.2. The first-order valence-electron chi connectivity index (χ1n) is 10.1. The Morgan fingerprint density at radius 2 is 1.50 bits per heavy atom. The van der Waals surface area contributed by atoms with Crippen LogP contribution in [-0.4, -0.2) is 15.8 Å². The van der Waals surface area contributed by atoms with Crippen molar-refractivity contribution in [3.8, 4) is 0 Å². The summed E-state index contributed by atoms with van der Waals surface area (Å²) in [5, 5.41) is 0. The van der Waals surface area contributed by atoms with Gasteiger partial charge in [-0.3, -0.25) is 0 Å². The van der Waals surface area contributed by atoms with Crippen LogP contribution in [0.4, 0.5) is 0 Å². The molecular formula is C22H35HgN. The molecule has 4 atom stereocenters. The third kappa shape index (κ3) is 4.64. The summed E-state index contributed by atoms with van der Waals surface area (Å²) in [6.07, 6.45) is 8.49. The Bertz CT molecular complexity index is 547. The molecule has 0 aromatic heterocycles. The van der Waals surface area contributed by atoms with Crippen LogP contribution in [0.1, 0.15) is 89.2 Å². The molecule has 4 unspecified atom stereocenters. The number of rotatable bonds is 4. The van der Waals surface area contributed by atoms with Crippen molar-refractivity contribution in [3.63, 3.8) is 0 Å². The first-order valence-corrected chi connectivity index (χ1v) is 15.3. The standard InChI is InChI=1S/C18H26N.C4H9.Hg/c1-13-7-8-14(11-13)17-5-3-4-6-18(17)15-9-10-16(12-15)19-2;1-4(2)3;/h3-6,13-16H,7-12H2,1-2H3;1-3H3;/q-1;;+1. The van der Waals surface area contributed by atoms with Crippen LogP contribution in [-0.2, 0) is 24.9 Å². The van der Waals surface area contributed by atoms with Crippen molar-refractivity contribution in [2.24, 2.45) is 5.92 Å². The molecule has 24 heavy (non-hydrogen) atoms. The van der Waals surface area contributed by atoms with E-state index in [0.717, 1.165) is 23.8 Å². The zero-order valence-electron chi connectivity index (χ0n) is 16.5. The Labute approximate surface area is 162 Å². The normalized spacial score (nSPS) is 30.8. The fourth-order valence-electron chi connectivity index (χ4n) is 5.26. The summed E-state index contributed by atoms with van der Waals surface area (Å²) in [6.45, 7) is 9.79. The monoisotopic (exact) mass is 515 g/mol. The molecule has 0 heterocycles. The van der Waals surface area contributed by atoms with Crippen LogP contribution >= 0.6 is 0 Å². The summed E-state index contributed by atoms with van der Waals surface area (Å²) in [5.41, 5.74) is 3.41. The third-order valence-corrected chi connectivity index (χ3v) is 14.0. The van der Waals surface area contributed by atoms with Crippen LogP contribution in [0.5, 0.6) is 0 Å². The van der Waals surface area contributed by atoms with Gasteiger partial charge in [-0.25, -0.2) is 0 Å². The van der Waals surface area contributed by atoms with Gasteiger partial charge in [0.25, 0.3) is 0 Å². The van der Waals surface area contributed by atoms with Gasteiger partial charge in [-0.2, -0.15) is 0 Å². The Kier molecular flexibility index (Phi) is 6.13. The van der Waals surface area contributed by atoms with Crippen molar-refractivity contribution in [2.75, 3.05) is 7.05 Å². The van der Waals surface area contributed by atoms with E-state index in [4.69, 9.17) is 0 Å². The van der Waals surface area contributed by atoms with Crippen LogP contribution < -0.4 is 0 Å². The molecule has 0 radical (unpaired) electrons. The van der Waals surface area contributed by atoms with Crippen molar-refractivity contribution in [3.05, 3.63) is 35.4 Å². The quantitative estimate of drug-likeness (QED) is 0.422. The summed E-state index contributed by atoms with van der Waals surface area (Å²) in [4.78, 5) is 0. The van der Waals surface area contributed by atoms with E-state index in [1.54, 1.807) is 11.1 Å². The molecule has 0 aliphatic heterocycles. The van der Waals surface area contributed by atoms with E-state index in [9.17, 15) is 0 Å². The molecule has 2 saturated carbocycles. The van der Waals surface area contributed by atoms with Crippen molar-refractivity contribution in [2.45, 2.75) is 87.0 Å². The molecule has 3 rings (SSSR count). The topological polar surface area (TPSA) is 3.24 Å². The van der Waals surface area contributed by atoms with Gasteiger partial charge in [-0.05, 0) is 0 Å². The predicted octanol–water partition coefficient (Wildman–Crippen LogP) is 6.37. The fraction of sp³-hybridized carbons (Fsp3) is 0.727. The molecule has 2 aliphatic carbocycles. The molecule has 2 aliphatic rings. The summed E-state index contributed by atoms with van der Waals surface area (Å²) in [6, 6.07) is 10.3. The van der Waals surface area contributed by atoms with Gasteiger partial charge in [-0.1, -0.05) is 0 Å². The Morgan fingerprint density at radius 1 is 0.917 bits per heavy atom. The van der Waals surface area contributed by atoms with Gasteiger partial charge in [0.15, 0.2) is 0 Å². The summed E-state index contributed by atoms with van der Waals surface area (Å²) in [5.74, 6) is 2.58. The van der Waals surface area contributed by atoms with Crippen LogP contribution in [0.3, 0.4) is 0 Å². The van der Waals surface area contributed by atoms with Gasteiger partial charge < -0.3 is 0 Å². The molecule has 0 N–H and O–H groups in total. The average molecular weight is 514 g/mol. The molecule has 0 saturated heterocycles. The van der Waals surface area contributed by atoms with Crippen LogP contribution in [0.15, 0.2) is 24.3 Å². The third-order valence-electron chi connectivity index (χ3n) is 6.32. The molecule has 1 aromatic carbocycles. The maximum atomic E-state index is 2.85. The zero-order chi connectivity index (χ0) is 17.3. The summed E-state index contributed by atoms with van der Waals surface area (Å²) in [7, 11) is 2.43. The van der Waals surface area contributed by atoms with Gasteiger partial charge in [0, 0.05) is 0 Å². The van der Waals surface area contributed by atoms with Gasteiger partial charge in [0.05, 0.1) is 0 Å². The number of nitrogens with zero attached hydrogens (tertiary/aromatic N) is 1. The summed E-state index contributed by atoms with van der Waals surface area (Å²) >= 11 is -0.969. The van der Waals surface area contributed by atoms with E-state index in [2.05, 4.69) is 61.7 Å². The molecular weight excluding hydrogens is 479 g/mol. The van der Waals surface area contributed by atoms with E-state index < -0.39 is 24.9 Å². The van der Waals surface area contributed by atoms with Crippen LogP contribution in [0, 0.1) is 5.92 Å².